The molecule has 1 rings (SSSR count). The maximum atomic E-state index is 13.8. The smallest absolute Gasteiger partial charge is 0.408 e. The van der Waals surface area contributed by atoms with Crippen molar-refractivity contribution in [3.05, 3.63) is 42.0 Å². The SMILES string of the molecule is C=Cc1cccc(C(C(=O)NCCC(=O)OCC)N(CCCCC)C(=O)C(CS)NC(=O)OC(C)(C)C)c1. The molecule has 10 heteroatoms. The molecule has 1 aromatic rings. The fourth-order valence-corrected chi connectivity index (χ4v) is 3.93. The van der Waals surface area contributed by atoms with Crippen LogP contribution in [0.1, 0.15) is 77.5 Å². The summed E-state index contributed by atoms with van der Waals surface area (Å²) in [6.45, 7) is 13.3. The standard InChI is InChI=1S/C28H43N3O6S/c1-7-10-11-17-31(26(34)22(19-38)30-27(35)37-28(4,5)6)24(21-14-12-13-20(8-2)18-21)25(33)29-16-15-23(32)36-9-3/h8,12-14,18,22,24,38H,2,7,9-11,15-17,19H2,1,3-6H3,(H,29,33)(H,30,35). The van der Waals surface area contributed by atoms with Crippen LogP contribution in [-0.4, -0.2) is 65.9 Å². The van der Waals surface area contributed by atoms with Gasteiger partial charge in [-0.3, -0.25) is 14.4 Å². The molecular weight excluding hydrogens is 506 g/mol. The van der Waals surface area contributed by atoms with Crippen LogP contribution < -0.4 is 10.6 Å². The number of thiol groups is 1. The van der Waals surface area contributed by atoms with Gasteiger partial charge in [-0.05, 0) is 51.3 Å². The normalized spacial score (nSPS) is 12.6. The highest BCUT2D eigenvalue weighted by Crippen LogP contribution is 2.25. The van der Waals surface area contributed by atoms with Crippen molar-refractivity contribution < 1.29 is 28.7 Å². The molecule has 0 aliphatic carbocycles. The topological polar surface area (TPSA) is 114 Å². The molecule has 2 N–H and O–H groups in total. The van der Waals surface area contributed by atoms with Gasteiger partial charge in [0, 0.05) is 18.8 Å². The largest absolute Gasteiger partial charge is 0.466 e. The van der Waals surface area contributed by atoms with Crippen LogP contribution in [0, 0.1) is 0 Å². The van der Waals surface area contributed by atoms with E-state index in [0.717, 1.165) is 18.4 Å². The third-order valence-electron chi connectivity index (χ3n) is 5.41. The van der Waals surface area contributed by atoms with E-state index < -0.39 is 41.6 Å². The van der Waals surface area contributed by atoms with Gasteiger partial charge < -0.3 is 25.0 Å². The summed E-state index contributed by atoms with van der Waals surface area (Å²) in [6, 6.07) is 5.15. The highest BCUT2D eigenvalue weighted by atomic mass is 32.1. The lowest BCUT2D eigenvalue weighted by atomic mass is 10.00. The summed E-state index contributed by atoms with van der Waals surface area (Å²) >= 11 is 4.30. The molecule has 0 heterocycles. The van der Waals surface area contributed by atoms with Gasteiger partial charge in [0.25, 0.3) is 0 Å². The molecule has 0 fully saturated rings. The van der Waals surface area contributed by atoms with E-state index >= 15 is 0 Å². The molecule has 0 saturated carbocycles. The van der Waals surface area contributed by atoms with Crippen molar-refractivity contribution in [2.45, 2.75) is 78.0 Å². The second kappa shape index (κ2) is 16.8. The Bertz CT molecular complexity index is 947. The van der Waals surface area contributed by atoms with Crippen LogP contribution in [0.25, 0.3) is 6.08 Å². The molecule has 0 radical (unpaired) electrons. The zero-order chi connectivity index (χ0) is 28.7. The van der Waals surface area contributed by atoms with Gasteiger partial charge in [-0.25, -0.2) is 4.79 Å². The monoisotopic (exact) mass is 549 g/mol. The Hall–Kier alpha value is -3.01. The fraction of sp³-hybridized carbons (Fsp3) is 0.571. The zero-order valence-corrected chi connectivity index (χ0v) is 24.1. The second-order valence-corrected chi connectivity index (χ2v) is 10.1. The summed E-state index contributed by atoms with van der Waals surface area (Å²) in [5, 5.41) is 5.37. The van der Waals surface area contributed by atoms with Crippen molar-refractivity contribution in [2.24, 2.45) is 0 Å². The quantitative estimate of drug-likeness (QED) is 0.171. The Kier molecular flexibility index (Phi) is 14.6. The maximum Gasteiger partial charge on any atom is 0.408 e. The van der Waals surface area contributed by atoms with Gasteiger partial charge in [0.05, 0.1) is 13.0 Å². The number of alkyl carbamates (subject to hydrolysis) is 1. The van der Waals surface area contributed by atoms with E-state index in [1.54, 1.807) is 52.0 Å². The van der Waals surface area contributed by atoms with Crippen molar-refractivity contribution in [1.29, 1.82) is 0 Å². The minimum atomic E-state index is -1.02. The van der Waals surface area contributed by atoms with Gasteiger partial charge in [-0.1, -0.05) is 50.6 Å². The number of esters is 1. The van der Waals surface area contributed by atoms with Crippen molar-refractivity contribution in [3.63, 3.8) is 0 Å². The molecule has 3 amide bonds. The first-order valence-electron chi connectivity index (χ1n) is 13.0. The average Bonchev–Trinajstić information content (AvgIpc) is 2.85. The van der Waals surface area contributed by atoms with Crippen molar-refractivity contribution in [2.75, 3.05) is 25.4 Å². The highest BCUT2D eigenvalue weighted by Gasteiger charge is 2.35. The Morgan fingerprint density at radius 3 is 2.45 bits per heavy atom. The zero-order valence-electron chi connectivity index (χ0n) is 23.2. The number of amides is 3. The first-order chi connectivity index (χ1) is 18.0. The number of carbonyl (C=O) groups is 4. The lowest BCUT2D eigenvalue weighted by Crippen LogP contribution is -2.54. The number of unbranched alkanes of at least 4 members (excludes halogenated alkanes) is 2. The van der Waals surface area contributed by atoms with Gasteiger partial charge in [-0.15, -0.1) is 0 Å². The Balaban J connectivity index is 3.37. The third kappa shape index (κ3) is 11.6. The molecule has 2 atom stereocenters. The number of nitrogens with zero attached hydrogens (tertiary/aromatic N) is 1. The van der Waals surface area contributed by atoms with Crippen LogP contribution in [-0.2, 0) is 23.9 Å². The lowest BCUT2D eigenvalue weighted by molar-refractivity contribution is -0.144. The minimum Gasteiger partial charge on any atom is -0.466 e. The molecule has 2 unspecified atom stereocenters. The molecule has 9 nitrogen and oxygen atoms in total. The predicted molar refractivity (Wildman–Crippen MR) is 152 cm³/mol. The summed E-state index contributed by atoms with van der Waals surface area (Å²) in [6.07, 6.45) is 3.32. The third-order valence-corrected chi connectivity index (χ3v) is 5.78. The highest BCUT2D eigenvalue weighted by molar-refractivity contribution is 7.80. The molecule has 0 saturated heterocycles. The number of rotatable bonds is 15. The Morgan fingerprint density at radius 1 is 1.16 bits per heavy atom. The molecule has 0 aliphatic rings. The number of hydrogen-bond acceptors (Lipinski definition) is 7. The van der Waals surface area contributed by atoms with E-state index in [2.05, 4.69) is 29.8 Å². The number of benzene rings is 1. The van der Waals surface area contributed by atoms with Gasteiger partial charge in [0.1, 0.15) is 17.7 Å². The van der Waals surface area contributed by atoms with Gasteiger partial charge in [-0.2, -0.15) is 12.6 Å². The van der Waals surface area contributed by atoms with Gasteiger partial charge >= 0.3 is 12.1 Å². The average molecular weight is 550 g/mol. The van der Waals surface area contributed by atoms with E-state index in [-0.39, 0.29) is 31.9 Å². The second-order valence-electron chi connectivity index (χ2n) is 9.74. The molecule has 0 bridgehead atoms. The van der Waals surface area contributed by atoms with Crippen LogP contribution in [0.2, 0.25) is 0 Å². The summed E-state index contributed by atoms with van der Waals surface area (Å²) < 4.78 is 10.3. The van der Waals surface area contributed by atoms with E-state index in [9.17, 15) is 19.2 Å². The molecular formula is C28H43N3O6S. The van der Waals surface area contributed by atoms with E-state index in [4.69, 9.17) is 9.47 Å². The van der Waals surface area contributed by atoms with Crippen LogP contribution in [0.3, 0.4) is 0 Å². The van der Waals surface area contributed by atoms with Crippen LogP contribution in [0.15, 0.2) is 30.8 Å². The number of nitrogens with one attached hydrogen (secondary N) is 2. The van der Waals surface area contributed by atoms with Crippen molar-refractivity contribution >= 4 is 42.6 Å². The van der Waals surface area contributed by atoms with Gasteiger partial charge in [0.15, 0.2) is 0 Å². The fourth-order valence-electron chi connectivity index (χ4n) is 3.68. The molecule has 0 aromatic heterocycles. The number of carbonyl (C=O) groups excluding carboxylic acids is 4. The van der Waals surface area contributed by atoms with E-state index in [1.165, 1.54) is 4.90 Å². The van der Waals surface area contributed by atoms with E-state index in [0.29, 0.717) is 12.0 Å². The first-order valence-corrected chi connectivity index (χ1v) is 13.7. The predicted octanol–water partition coefficient (Wildman–Crippen LogP) is 4.28. The lowest BCUT2D eigenvalue weighted by Gasteiger charge is -2.34. The van der Waals surface area contributed by atoms with E-state index in [1.807, 2.05) is 13.0 Å². The first kappa shape index (κ1) is 33.0. The van der Waals surface area contributed by atoms with Crippen molar-refractivity contribution in [1.82, 2.24) is 15.5 Å². The number of hydrogen-bond donors (Lipinski definition) is 3. The van der Waals surface area contributed by atoms with Crippen LogP contribution >= 0.6 is 12.6 Å². The summed E-state index contributed by atoms with van der Waals surface area (Å²) in [7, 11) is 0. The Labute approximate surface area is 232 Å². The molecule has 0 spiro atoms. The number of ether oxygens (including phenoxy) is 2. The summed E-state index contributed by atoms with van der Waals surface area (Å²) in [4.78, 5) is 53.1. The molecule has 38 heavy (non-hydrogen) atoms. The Morgan fingerprint density at radius 2 is 1.87 bits per heavy atom. The minimum absolute atomic E-state index is 0.00223. The van der Waals surface area contributed by atoms with Crippen LogP contribution in [0.5, 0.6) is 0 Å². The summed E-state index contributed by atoms with van der Waals surface area (Å²) in [5.74, 6) is -1.33. The van der Waals surface area contributed by atoms with Gasteiger partial charge in [0.2, 0.25) is 11.8 Å². The van der Waals surface area contributed by atoms with Crippen LogP contribution in [0.4, 0.5) is 4.79 Å². The summed E-state index contributed by atoms with van der Waals surface area (Å²) in [5.41, 5.74) is 0.614. The molecule has 212 valence electrons. The molecule has 0 aliphatic heterocycles. The molecule has 1 aromatic carbocycles. The van der Waals surface area contributed by atoms with Crippen molar-refractivity contribution in [3.8, 4) is 0 Å². The maximum absolute atomic E-state index is 13.8.